The van der Waals surface area contributed by atoms with Crippen LogP contribution in [-0.4, -0.2) is 11.5 Å². The van der Waals surface area contributed by atoms with E-state index in [1.165, 1.54) is 18.2 Å². The highest BCUT2D eigenvalue weighted by atomic mass is 16.6. The number of nitrogens with zero attached hydrogens (tertiary/aromatic N) is 2. The fourth-order valence-corrected chi connectivity index (χ4v) is 1.08. The van der Waals surface area contributed by atoms with Gasteiger partial charge in [-0.15, -0.1) is 0 Å². The summed E-state index contributed by atoms with van der Waals surface area (Å²) in [6.45, 7) is 2.11. The molecule has 15 heavy (non-hydrogen) atoms. The van der Waals surface area contributed by atoms with Gasteiger partial charge in [-0.3, -0.25) is 10.1 Å². The lowest BCUT2D eigenvalue weighted by atomic mass is 10.2. The van der Waals surface area contributed by atoms with Crippen molar-refractivity contribution in [2.45, 2.75) is 6.92 Å². The van der Waals surface area contributed by atoms with Crippen LogP contribution < -0.4 is 4.74 Å². The molecular formula is C10H9N2O3. The first-order valence-electron chi connectivity index (χ1n) is 4.28. The van der Waals surface area contributed by atoms with Gasteiger partial charge in [-0.05, 0) is 12.5 Å². The molecule has 0 unspecified atom stereocenters. The van der Waals surface area contributed by atoms with Gasteiger partial charge >= 0.3 is 0 Å². The second-order valence-corrected chi connectivity index (χ2v) is 2.74. The van der Waals surface area contributed by atoms with Crippen molar-refractivity contribution >= 4 is 5.69 Å². The van der Waals surface area contributed by atoms with Gasteiger partial charge in [0.25, 0.3) is 5.69 Å². The first-order chi connectivity index (χ1) is 7.20. The van der Waals surface area contributed by atoms with Gasteiger partial charge in [-0.1, -0.05) is 13.0 Å². The molecule has 77 valence electrons. The quantitative estimate of drug-likeness (QED) is 0.556. The average Bonchev–Trinajstić information content (AvgIpc) is 2.25. The number of rotatable bonds is 4. The predicted molar refractivity (Wildman–Crippen MR) is 53.3 cm³/mol. The monoisotopic (exact) mass is 205 g/mol. The van der Waals surface area contributed by atoms with Crippen molar-refractivity contribution in [1.29, 1.82) is 5.26 Å². The van der Waals surface area contributed by atoms with E-state index in [4.69, 9.17) is 10.00 Å². The van der Waals surface area contributed by atoms with Gasteiger partial charge in [0, 0.05) is 6.07 Å². The van der Waals surface area contributed by atoms with Gasteiger partial charge in [0.05, 0.1) is 11.5 Å². The Morgan fingerprint density at radius 2 is 2.40 bits per heavy atom. The molecule has 1 rings (SSSR count). The van der Waals surface area contributed by atoms with Crippen LogP contribution in [0.3, 0.4) is 0 Å². The van der Waals surface area contributed by atoms with Crippen molar-refractivity contribution in [3.63, 3.8) is 0 Å². The third-order valence-corrected chi connectivity index (χ3v) is 1.72. The van der Waals surface area contributed by atoms with E-state index in [0.717, 1.165) is 0 Å². The summed E-state index contributed by atoms with van der Waals surface area (Å²) in [5.74, 6) is 0.241. The van der Waals surface area contributed by atoms with E-state index in [1.807, 2.05) is 0 Å². The van der Waals surface area contributed by atoms with E-state index < -0.39 is 4.92 Å². The Kier molecular flexibility index (Phi) is 3.63. The summed E-state index contributed by atoms with van der Waals surface area (Å²) in [5, 5.41) is 19.4. The van der Waals surface area contributed by atoms with Crippen LogP contribution in [0, 0.1) is 27.9 Å². The van der Waals surface area contributed by atoms with Crippen molar-refractivity contribution in [3.05, 3.63) is 40.3 Å². The summed E-state index contributed by atoms with van der Waals surface area (Å²) in [7, 11) is 0. The number of hydrogen-bond acceptors (Lipinski definition) is 4. The fourth-order valence-electron chi connectivity index (χ4n) is 1.08. The standard InChI is InChI=1S/C10H9N2O3/c1-2-6-15-10-5-3-4-9(12(13)14)8(10)7-11/h2-5H,6H2,1H3. The highest BCUT2D eigenvalue weighted by Crippen LogP contribution is 2.27. The Balaban J connectivity index is 3.12. The highest BCUT2D eigenvalue weighted by molar-refractivity contribution is 5.56. The molecule has 5 heteroatoms. The topological polar surface area (TPSA) is 76.2 Å². The largest absolute Gasteiger partial charge is 0.492 e. The van der Waals surface area contributed by atoms with Gasteiger partial charge in [-0.2, -0.15) is 5.26 Å². The van der Waals surface area contributed by atoms with Crippen LogP contribution in [0.4, 0.5) is 5.69 Å². The summed E-state index contributed by atoms with van der Waals surface area (Å²) in [5.41, 5.74) is -0.268. The second-order valence-electron chi connectivity index (χ2n) is 2.74. The zero-order valence-electron chi connectivity index (χ0n) is 8.14. The number of hydrogen-bond donors (Lipinski definition) is 0. The molecule has 0 saturated heterocycles. The van der Waals surface area contributed by atoms with Crippen LogP contribution in [0.1, 0.15) is 12.5 Å². The Morgan fingerprint density at radius 1 is 1.67 bits per heavy atom. The van der Waals surface area contributed by atoms with E-state index in [9.17, 15) is 10.1 Å². The maximum Gasteiger partial charge on any atom is 0.290 e. The number of nitro benzene ring substituents is 1. The van der Waals surface area contributed by atoms with Crippen molar-refractivity contribution in [3.8, 4) is 11.8 Å². The highest BCUT2D eigenvalue weighted by Gasteiger charge is 2.17. The molecule has 0 heterocycles. The summed E-state index contributed by atoms with van der Waals surface area (Å²) in [6, 6.07) is 6.08. The maximum atomic E-state index is 10.6. The molecule has 0 spiro atoms. The van der Waals surface area contributed by atoms with Crippen LogP contribution in [0.5, 0.6) is 5.75 Å². The molecule has 1 aromatic rings. The first kappa shape index (κ1) is 11.0. The van der Waals surface area contributed by atoms with Crippen LogP contribution in [0.25, 0.3) is 0 Å². The summed E-state index contributed by atoms with van der Waals surface area (Å²) >= 11 is 0. The minimum Gasteiger partial charge on any atom is -0.492 e. The lowest BCUT2D eigenvalue weighted by molar-refractivity contribution is -0.385. The summed E-state index contributed by atoms with van der Waals surface area (Å²) < 4.78 is 5.19. The smallest absolute Gasteiger partial charge is 0.290 e. The zero-order valence-corrected chi connectivity index (χ0v) is 8.14. The van der Waals surface area contributed by atoms with E-state index in [-0.39, 0.29) is 17.0 Å². The SMILES string of the molecule is C[CH]COc1cccc([N+](=O)[O-])c1C#N. The van der Waals surface area contributed by atoms with Gasteiger partial charge in [-0.25, -0.2) is 0 Å². The molecule has 1 aromatic carbocycles. The molecule has 0 N–H and O–H groups in total. The minimum atomic E-state index is -0.596. The van der Waals surface area contributed by atoms with Gasteiger partial charge in [0.2, 0.25) is 0 Å². The maximum absolute atomic E-state index is 10.6. The van der Waals surface area contributed by atoms with E-state index in [2.05, 4.69) is 0 Å². The van der Waals surface area contributed by atoms with E-state index >= 15 is 0 Å². The molecule has 0 saturated carbocycles. The van der Waals surface area contributed by atoms with E-state index in [0.29, 0.717) is 6.61 Å². The third-order valence-electron chi connectivity index (χ3n) is 1.72. The Bertz CT molecular complexity index is 410. The Morgan fingerprint density at radius 3 is 2.93 bits per heavy atom. The molecular weight excluding hydrogens is 196 g/mol. The van der Waals surface area contributed by atoms with Crippen molar-refractivity contribution in [2.75, 3.05) is 6.61 Å². The molecule has 5 nitrogen and oxygen atoms in total. The Labute approximate surface area is 87.1 Å². The van der Waals surface area contributed by atoms with Crippen molar-refractivity contribution in [2.24, 2.45) is 0 Å². The lowest BCUT2D eigenvalue weighted by Crippen LogP contribution is -2.00. The third kappa shape index (κ3) is 2.44. The number of nitriles is 1. The fraction of sp³-hybridized carbons (Fsp3) is 0.200. The van der Waals surface area contributed by atoms with E-state index in [1.54, 1.807) is 19.4 Å². The van der Waals surface area contributed by atoms with Crippen molar-refractivity contribution in [1.82, 2.24) is 0 Å². The number of ether oxygens (including phenoxy) is 1. The summed E-state index contributed by atoms with van der Waals surface area (Å²) in [6.07, 6.45) is 1.75. The van der Waals surface area contributed by atoms with Crippen LogP contribution in [0.2, 0.25) is 0 Å². The normalized spacial score (nSPS) is 9.33. The van der Waals surface area contributed by atoms with Crippen molar-refractivity contribution < 1.29 is 9.66 Å². The van der Waals surface area contributed by atoms with Crippen LogP contribution >= 0.6 is 0 Å². The van der Waals surface area contributed by atoms with Gasteiger partial charge in [0.1, 0.15) is 11.8 Å². The number of nitro groups is 1. The molecule has 0 amide bonds. The molecule has 0 aliphatic carbocycles. The Hall–Kier alpha value is -2.09. The van der Waals surface area contributed by atoms with Crippen LogP contribution in [0.15, 0.2) is 18.2 Å². The molecule has 0 aromatic heterocycles. The second kappa shape index (κ2) is 4.96. The predicted octanol–water partition coefficient (Wildman–Crippen LogP) is 2.07. The van der Waals surface area contributed by atoms with Gasteiger partial charge in [0.15, 0.2) is 5.56 Å². The first-order valence-corrected chi connectivity index (χ1v) is 4.28. The molecule has 0 bridgehead atoms. The molecule has 0 atom stereocenters. The minimum absolute atomic E-state index is 0.0376. The van der Waals surface area contributed by atoms with Crippen LogP contribution in [-0.2, 0) is 0 Å². The molecule has 0 fully saturated rings. The summed E-state index contributed by atoms with van der Waals surface area (Å²) in [4.78, 5) is 10.0. The molecule has 1 radical (unpaired) electrons. The molecule has 0 aliphatic rings. The molecule has 0 aliphatic heterocycles. The van der Waals surface area contributed by atoms with Gasteiger partial charge < -0.3 is 4.74 Å². The number of benzene rings is 1. The lowest BCUT2D eigenvalue weighted by Gasteiger charge is -2.05. The average molecular weight is 205 g/mol. The zero-order chi connectivity index (χ0) is 11.3.